The monoisotopic (exact) mass is 337 g/mol. The van der Waals surface area contributed by atoms with Crippen LogP contribution in [0.4, 0.5) is 0 Å². The van der Waals surface area contributed by atoms with Crippen molar-refractivity contribution in [2.24, 2.45) is 5.73 Å². The first kappa shape index (κ1) is 16.8. The summed E-state index contributed by atoms with van der Waals surface area (Å²) in [7, 11) is 0. The van der Waals surface area contributed by atoms with Gasteiger partial charge in [-0.15, -0.1) is 0 Å². The maximum atomic E-state index is 12.1. The van der Waals surface area contributed by atoms with Crippen molar-refractivity contribution < 1.29 is 9.53 Å². The average molecular weight is 338 g/mol. The zero-order valence-electron chi connectivity index (χ0n) is 12.1. The first-order valence-electron chi connectivity index (χ1n) is 6.96. The van der Waals surface area contributed by atoms with Gasteiger partial charge in [0.05, 0.1) is 6.61 Å². The number of benzene rings is 2. The highest BCUT2D eigenvalue weighted by molar-refractivity contribution is 6.31. The Morgan fingerprint density at radius 1 is 1.09 bits per heavy atom. The molecule has 2 aromatic carbocycles. The van der Waals surface area contributed by atoms with Crippen molar-refractivity contribution in [3.05, 3.63) is 69.7 Å². The lowest BCUT2D eigenvalue weighted by molar-refractivity contribution is -0.145. The lowest BCUT2D eigenvalue weighted by Crippen LogP contribution is -2.38. The summed E-state index contributed by atoms with van der Waals surface area (Å²) in [6, 6.07) is 13.7. The summed E-state index contributed by atoms with van der Waals surface area (Å²) in [5, 5.41) is 1.17. The van der Waals surface area contributed by atoms with Gasteiger partial charge in [-0.05, 0) is 42.3 Å². The lowest BCUT2D eigenvalue weighted by Gasteiger charge is -2.24. The third-order valence-electron chi connectivity index (χ3n) is 3.33. The molecule has 0 spiro atoms. The molecule has 116 valence electrons. The topological polar surface area (TPSA) is 52.3 Å². The summed E-state index contributed by atoms with van der Waals surface area (Å²) in [5.41, 5.74) is 7.84. The van der Waals surface area contributed by atoms with Crippen LogP contribution in [0.15, 0.2) is 48.5 Å². The number of ether oxygens (including phenoxy) is 1. The van der Waals surface area contributed by atoms with Gasteiger partial charge in [-0.2, -0.15) is 0 Å². The van der Waals surface area contributed by atoms with E-state index in [0.29, 0.717) is 10.0 Å². The number of carbonyl (C=O) groups excluding carboxylic acids is 1. The second-order valence-corrected chi connectivity index (χ2v) is 5.74. The SMILES string of the molecule is CCOC(=O)C(N)C(c1cccc(Cl)c1)c1cccc(Cl)c1. The molecular formula is C17H17Cl2NO2. The Bertz CT molecular complexity index is 615. The molecule has 0 saturated heterocycles. The number of carbonyl (C=O) groups is 1. The van der Waals surface area contributed by atoms with E-state index in [1.54, 1.807) is 31.2 Å². The van der Waals surface area contributed by atoms with Crippen molar-refractivity contribution in [3.8, 4) is 0 Å². The lowest BCUT2D eigenvalue weighted by atomic mass is 9.85. The van der Waals surface area contributed by atoms with Crippen LogP contribution < -0.4 is 5.73 Å². The molecule has 22 heavy (non-hydrogen) atoms. The second kappa shape index (κ2) is 7.63. The van der Waals surface area contributed by atoms with Crippen LogP contribution in [-0.2, 0) is 9.53 Å². The fraction of sp³-hybridized carbons (Fsp3) is 0.235. The van der Waals surface area contributed by atoms with Crippen LogP contribution in [0.2, 0.25) is 10.0 Å². The largest absolute Gasteiger partial charge is 0.465 e. The van der Waals surface area contributed by atoms with E-state index < -0.39 is 12.0 Å². The van der Waals surface area contributed by atoms with Gasteiger partial charge in [0.25, 0.3) is 0 Å². The molecule has 0 aliphatic rings. The molecule has 2 aromatic rings. The van der Waals surface area contributed by atoms with Gasteiger partial charge < -0.3 is 10.5 Å². The van der Waals surface area contributed by atoms with Crippen LogP contribution in [0, 0.1) is 0 Å². The normalized spacial score (nSPS) is 12.2. The first-order chi connectivity index (χ1) is 10.5. The van der Waals surface area contributed by atoms with Crippen LogP contribution in [0.5, 0.6) is 0 Å². The van der Waals surface area contributed by atoms with Crippen LogP contribution >= 0.6 is 23.2 Å². The molecule has 0 aliphatic carbocycles. The molecule has 2 N–H and O–H groups in total. The van der Waals surface area contributed by atoms with Gasteiger partial charge in [0.15, 0.2) is 0 Å². The molecule has 0 fully saturated rings. The molecule has 0 aliphatic heterocycles. The van der Waals surface area contributed by atoms with Gasteiger partial charge in [-0.25, -0.2) is 0 Å². The fourth-order valence-electron chi connectivity index (χ4n) is 2.38. The second-order valence-electron chi connectivity index (χ2n) is 4.87. The smallest absolute Gasteiger partial charge is 0.323 e. The fourth-order valence-corrected chi connectivity index (χ4v) is 2.78. The summed E-state index contributed by atoms with van der Waals surface area (Å²) in [5.74, 6) is -0.830. The molecule has 0 radical (unpaired) electrons. The Labute approximate surface area is 140 Å². The molecular weight excluding hydrogens is 321 g/mol. The van der Waals surface area contributed by atoms with Crippen molar-refractivity contribution in [2.75, 3.05) is 6.61 Å². The minimum absolute atomic E-state index is 0.282. The number of hydrogen-bond donors (Lipinski definition) is 1. The number of hydrogen-bond acceptors (Lipinski definition) is 3. The number of esters is 1. The summed E-state index contributed by atoms with van der Waals surface area (Å²) in [4.78, 5) is 12.1. The maximum absolute atomic E-state index is 12.1. The molecule has 0 bridgehead atoms. The summed E-state index contributed by atoms with van der Waals surface area (Å²) >= 11 is 12.1. The van der Waals surface area contributed by atoms with Gasteiger partial charge in [0.1, 0.15) is 6.04 Å². The van der Waals surface area contributed by atoms with Crippen LogP contribution in [-0.4, -0.2) is 18.6 Å². The summed E-state index contributed by atoms with van der Waals surface area (Å²) in [6.07, 6.45) is 0. The molecule has 5 heteroatoms. The number of nitrogens with two attached hydrogens (primary N) is 1. The third kappa shape index (κ3) is 4.01. The molecule has 0 saturated carbocycles. The van der Waals surface area contributed by atoms with E-state index in [0.717, 1.165) is 11.1 Å². The van der Waals surface area contributed by atoms with Crippen molar-refractivity contribution in [1.82, 2.24) is 0 Å². The zero-order chi connectivity index (χ0) is 16.1. The predicted octanol–water partition coefficient (Wildman–Crippen LogP) is 4.02. The minimum atomic E-state index is -0.836. The summed E-state index contributed by atoms with van der Waals surface area (Å²) in [6.45, 7) is 2.03. The van der Waals surface area contributed by atoms with Crippen LogP contribution in [0.25, 0.3) is 0 Å². The number of rotatable bonds is 5. The van der Waals surface area contributed by atoms with Crippen LogP contribution in [0.1, 0.15) is 24.0 Å². The van der Waals surface area contributed by atoms with Crippen molar-refractivity contribution in [3.63, 3.8) is 0 Å². The molecule has 0 amide bonds. The maximum Gasteiger partial charge on any atom is 0.323 e. The Hall–Kier alpha value is -1.55. The Morgan fingerprint density at radius 2 is 1.59 bits per heavy atom. The molecule has 3 nitrogen and oxygen atoms in total. The average Bonchev–Trinajstić information content (AvgIpc) is 2.48. The molecule has 0 heterocycles. The van der Waals surface area contributed by atoms with E-state index in [-0.39, 0.29) is 12.5 Å². The van der Waals surface area contributed by atoms with Crippen molar-refractivity contribution in [1.29, 1.82) is 0 Å². The third-order valence-corrected chi connectivity index (χ3v) is 3.80. The highest BCUT2D eigenvalue weighted by Crippen LogP contribution is 2.31. The van der Waals surface area contributed by atoms with Gasteiger partial charge in [-0.3, -0.25) is 4.79 Å². The molecule has 2 rings (SSSR count). The summed E-state index contributed by atoms with van der Waals surface area (Å²) < 4.78 is 5.06. The Kier molecular flexibility index (Phi) is 5.83. The van der Waals surface area contributed by atoms with Gasteiger partial charge >= 0.3 is 5.97 Å². The molecule has 1 atom stereocenters. The minimum Gasteiger partial charge on any atom is -0.465 e. The van der Waals surface area contributed by atoms with Gasteiger partial charge in [0.2, 0.25) is 0 Å². The zero-order valence-corrected chi connectivity index (χ0v) is 13.6. The Morgan fingerprint density at radius 3 is 2.00 bits per heavy atom. The first-order valence-corrected chi connectivity index (χ1v) is 7.71. The standard InChI is InChI=1S/C17H17Cl2NO2/c1-2-22-17(21)16(20)15(11-5-3-7-13(18)9-11)12-6-4-8-14(19)10-12/h3-10,15-16H,2,20H2,1H3. The highest BCUT2D eigenvalue weighted by Gasteiger charge is 2.29. The van der Waals surface area contributed by atoms with E-state index in [1.807, 2.05) is 24.3 Å². The van der Waals surface area contributed by atoms with Gasteiger partial charge in [-0.1, -0.05) is 47.5 Å². The van der Waals surface area contributed by atoms with E-state index in [9.17, 15) is 4.79 Å². The van der Waals surface area contributed by atoms with Crippen molar-refractivity contribution >= 4 is 29.2 Å². The van der Waals surface area contributed by atoms with Gasteiger partial charge in [0, 0.05) is 16.0 Å². The molecule has 1 unspecified atom stereocenters. The van der Waals surface area contributed by atoms with Crippen LogP contribution in [0.3, 0.4) is 0 Å². The predicted molar refractivity (Wildman–Crippen MR) is 89.4 cm³/mol. The van der Waals surface area contributed by atoms with E-state index >= 15 is 0 Å². The van der Waals surface area contributed by atoms with E-state index in [4.69, 9.17) is 33.7 Å². The van der Waals surface area contributed by atoms with E-state index in [1.165, 1.54) is 0 Å². The molecule has 0 aromatic heterocycles. The van der Waals surface area contributed by atoms with Crippen molar-refractivity contribution in [2.45, 2.75) is 18.9 Å². The van der Waals surface area contributed by atoms with E-state index in [2.05, 4.69) is 0 Å². The Balaban J connectivity index is 2.47. The highest BCUT2D eigenvalue weighted by atomic mass is 35.5. The quantitative estimate of drug-likeness (QED) is 0.838. The number of halogens is 2.